The Balaban J connectivity index is 3.15. The standard InChI is InChI=1S/C9H14N2O2S/c1-5-6(14-8(10)11-5)9(2,3)7(12)13-4/h1-4H3,(H2,10,11). The second-order valence-electron chi connectivity index (χ2n) is 3.58. The van der Waals surface area contributed by atoms with Crippen molar-refractivity contribution in [1.29, 1.82) is 0 Å². The molecule has 2 N–H and O–H groups in total. The number of esters is 1. The summed E-state index contributed by atoms with van der Waals surface area (Å²) in [6.07, 6.45) is 0. The molecule has 0 saturated carbocycles. The van der Waals surface area contributed by atoms with Crippen LogP contribution in [0.15, 0.2) is 0 Å². The molecule has 0 fully saturated rings. The molecule has 0 aliphatic carbocycles. The van der Waals surface area contributed by atoms with Crippen molar-refractivity contribution < 1.29 is 9.53 Å². The first kappa shape index (κ1) is 11.0. The van der Waals surface area contributed by atoms with Crippen LogP contribution in [0.1, 0.15) is 24.4 Å². The van der Waals surface area contributed by atoms with Crippen LogP contribution in [-0.2, 0) is 14.9 Å². The van der Waals surface area contributed by atoms with Crippen molar-refractivity contribution in [3.8, 4) is 0 Å². The minimum Gasteiger partial charge on any atom is -0.468 e. The van der Waals surface area contributed by atoms with Gasteiger partial charge >= 0.3 is 5.97 Å². The Morgan fingerprint density at radius 3 is 2.50 bits per heavy atom. The SMILES string of the molecule is COC(=O)C(C)(C)c1sc(N)nc1C. The molecule has 78 valence electrons. The molecule has 1 heterocycles. The van der Waals surface area contributed by atoms with E-state index in [1.165, 1.54) is 18.4 Å². The summed E-state index contributed by atoms with van der Waals surface area (Å²) in [5.41, 5.74) is 5.69. The number of carbonyl (C=O) groups excluding carboxylic acids is 1. The third kappa shape index (κ3) is 1.72. The average molecular weight is 214 g/mol. The molecule has 0 unspecified atom stereocenters. The summed E-state index contributed by atoms with van der Waals surface area (Å²) >= 11 is 1.33. The molecule has 1 aromatic heterocycles. The quantitative estimate of drug-likeness (QED) is 0.757. The number of aromatic nitrogens is 1. The van der Waals surface area contributed by atoms with E-state index in [4.69, 9.17) is 10.5 Å². The number of aryl methyl sites for hydroxylation is 1. The summed E-state index contributed by atoms with van der Waals surface area (Å²) in [6.45, 7) is 5.45. The van der Waals surface area contributed by atoms with Gasteiger partial charge in [-0.3, -0.25) is 4.79 Å². The molecule has 0 saturated heterocycles. The minimum atomic E-state index is -0.673. The van der Waals surface area contributed by atoms with Gasteiger partial charge < -0.3 is 10.5 Å². The van der Waals surface area contributed by atoms with Gasteiger partial charge in [0, 0.05) is 4.88 Å². The van der Waals surface area contributed by atoms with Gasteiger partial charge in [0.05, 0.1) is 18.2 Å². The topological polar surface area (TPSA) is 65.2 Å². The number of nitrogens with two attached hydrogens (primary N) is 1. The molecule has 0 amide bonds. The van der Waals surface area contributed by atoms with E-state index in [9.17, 15) is 4.79 Å². The fraction of sp³-hybridized carbons (Fsp3) is 0.556. The second-order valence-corrected chi connectivity index (χ2v) is 4.61. The lowest BCUT2D eigenvalue weighted by molar-refractivity contribution is -0.146. The molecule has 1 rings (SSSR count). The van der Waals surface area contributed by atoms with E-state index < -0.39 is 5.41 Å². The Bertz CT molecular complexity index is 358. The van der Waals surface area contributed by atoms with Crippen molar-refractivity contribution >= 4 is 22.4 Å². The number of ether oxygens (including phenoxy) is 1. The van der Waals surface area contributed by atoms with Crippen molar-refractivity contribution in [1.82, 2.24) is 4.98 Å². The largest absolute Gasteiger partial charge is 0.468 e. The zero-order valence-corrected chi connectivity index (χ0v) is 9.57. The van der Waals surface area contributed by atoms with Gasteiger partial charge in [0.25, 0.3) is 0 Å². The van der Waals surface area contributed by atoms with Crippen molar-refractivity contribution in [3.63, 3.8) is 0 Å². The van der Waals surface area contributed by atoms with Crippen LogP contribution in [-0.4, -0.2) is 18.1 Å². The molecular weight excluding hydrogens is 200 g/mol. The second kappa shape index (κ2) is 3.57. The van der Waals surface area contributed by atoms with Gasteiger partial charge in [0.2, 0.25) is 0 Å². The first-order valence-corrected chi connectivity index (χ1v) is 5.03. The van der Waals surface area contributed by atoms with Gasteiger partial charge in [-0.2, -0.15) is 0 Å². The van der Waals surface area contributed by atoms with Crippen LogP contribution in [0.2, 0.25) is 0 Å². The smallest absolute Gasteiger partial charge is 0.316 e. The van der Waals surface area contributed by atoms with E-state index in [0.717, 1.165) is 10.6 Å². The van der Waals surface area contributed by atoms with Crippen molar-refractivity contribution in [2.24, 2.45) is 0 Å². The van der Waals surface area contributed by atoms with Gasteiger partial charge in [-0.05, 0) is 20.8 Å². The van der Waals surface area contributed by atoms with Gasteiger partial charge in [-0.15, -0.1) is 11.3 Å². The Morgan fingerprint density at radius 2 is 2.14 bits per heavy atom. The Kier molecular flexibility index (Phi) is 2.80. The monoisotopic (exact) mass is 214 g/mol. The third-order valence-corrected chi connectivity index (χ3v) is 3.39. The van der Waals surface area contributed by atoms with Crippen LogP contribution in [0, 0.1) is 6.92 Å². The predicted octanol–water partition coefficient (Wildman–Crippen LogP) is 1.48. The summed E-state index contributed by atoms with van der Waals surface area (Å²) in [4.78, 5) is 16.5. The van der Waals surface area contributed by atoms with Gasteiger partial charge in [0.15, 0.2) is 5.13 Å². The molecule has 5 heteroatoms. The molecule has 0 aromatic carbocycles. The number of methoxy groups -OCH3 is 1. The zero-order chi connectivity index (χ0) is 10.9. The van der Waals surface area contributed by atoms with E-state index in [0.29, 0.717) is 5.13 Å². The van der Waals surface area contributed by atoms with E-state index >= 15 is 0 Å². The third-order valence-electron chi connectivity index (χ3n) is 2.08. The molecule has 0 aliphatic heterocycles. The van der Waals surface area contributed by atoms with Crippen molar-refractivity contribution in [2.75, 3.05) is 12.8 Å². The Labute approximate surface area is 87.1 Å². The fourth-order valence-corrected chi connectivity index (χ4v) is 2.27. The summed E-state index contributed by atoms with van der Waals surface area (Å²) in [6, 6.07) is 0. The highest BCUT2D eigenvalue weighted by molar-refractivity contribution is 7.15. The molecule has 0 aliphatic rings. The van der Waals surface area contributed by atoms with E-state index in [-0.39, 0.29) is 5.97 Å². The molecule has 1 aromatic rings. The number of hydrogen-bond donors (Lipinski definition) is 1. The number of nitrogens with zero attached hydrogens (tertiary/aromatic N) is 1. The van der Waals surface area contributed by atoms with Crippen LogP contribution in [0.5, 0.6) is 0 Å². The average Bonchev–Trinajstić information content (AvgIpc) is 2.44. The molecule has 4 nitrogen and oxygen atoms in total. The summed E-state index contributed by atoms with van der Waals surface area (Å²) in [5, 5.41) is 0.481. The zero-order valence-electron chi connectivity index (χ0n) is 8.75. The number of nitrogen functional groups attached to an aromatic ring is 1. The lowest BCUT2D eigenvalue weighted by atomic mass is 9.91. The van der Waals surface area contributed by atoms with Crippen LogP contribution in [0.4, 0.5) is 5.13 Å². The first-order chi connectivity index (χ1) is 6.39. The number of hydrogen-bond acceptors (Lipinski definition) is 5. The minimum absolute atomic E-state index is 0.274. The summed E-state index contributed by atoms with van der Waals surface area (Å²) in [5.74, 6) is -0.274. The summed E-state index contributed by atoms with van der Waals surface area (Å²) < 4.78 is 4.73. The van der Waals surface area contributed by atoms with Crippen LogP contribution < -0.4 is 5.73 Å². The maximum absolute atomic E-state index is 11.5. The van der Waals surface area contributed by atoms with E-state index in [1.54, 1.807) is 13.8 Å². The van der Waals surface area contributed by atoms with Crippen molar-refractivity contribution in [2.45, 2.75) is 26.2 Å². The number of anilines is 1. The van der Waals surface area contributed by atoms with Gasteiger partial charge in [-0.25, -0.2) is 4.98 Å². The first-order valence-electron chi connectivity index (χ1n) is 4.21. The highest BCUT2D eigenvalue weighted by Gasteiger charge is 2.34. The van der Waals surface area contributed by atoms with Gasteiger partial charge in [0.1, 0.15) is 0 Å². The molecule has 0 atom stereocenters. The number of thiazole rings is 1. The number of carbonyl (C=O) groups is 1. The summed E-state index contributed by atoms with van der Waals surface area (Å²) in [7, 11) is 1.38. The van der Waals surface area contributed by atoms with Crippen molar-refractivity contribution in [3.05, 3.63) is 10.6 Å². The predicted molar refractivity (Wildman–Crippen MR) is 56.3 cm³/mol. The molecule has 0 spiro atoms. The lowest BCUT2D eigenvalue weighted by Crippen LogP contribution is -2.29. The Hall–Kier alpha value is -1.10. The molecule has 0 radical (unpaired) electrons. The Morgan fingerprint density at radius 1 is 1.57 bits per heavy atom. The fourth-order valence-electron chi connectivity index (χ4n) is 1.34. The number of rotatable bonds is 2. The molecule has 0 bridgehead atoms. The maximum Gasteiger partial charge on any atom is 0.316 e. The highest BCUT2D eigenvalue weighted by Crippen LogP contribution is 2.33. The van der Waals surface area contributed by atoms with Gasteiger partial charge in [-0.1, -0.05) is 0 Å². The van der Waals surface area contributed by atoms with Crippen LogP contribution in [0.3, 0.4) is 0 Å². The lowest BCUT2D eigenvalue weighted by Gasteiger charge is -2.19. The van der Waals surface area contributed by atoms with E-state index in [1.807, 2.05) is 6.92 Å². The van der Waals surface area contributed by atoms with E-state index in [2.05, 4.69) is 4.98 Å². The van der Waals surface area contributed by atoms with Crippen LogP contribution >= 0.6 is 11.3 Å². The van der Waals surface area contributed by atoms with Crippen LogP contribution in [0.25, 0.3) is 0 Å². The highest BCUT2D eigenvalue weighted by atomic mass is 32.1. The molecular formula is C9H14N2O2S. The maximum atomic E-state index is 11.5. The molecule has 14 heavy (non-hydrogen) atoms. The normalized spacial score (nSPS) is 11.4.